The van der Waals surface area contributed by atoms with Crippen molar-refractivity contribution in [2.24, 2.45) is 11.1 Å². The molecule has 2 aromatic rings. The van der Waals surface area contributed by atoms with E-state index in [9.17, 15) is 0 Å². The van der Waals surface area contributed by atoms with Crippen LogP contribution in [-0.4, -0.2) is 6.04 Å². The first-order valence-corrected chi connectivity index (χ1v) is 7.57. The van der Waals surface area contributed by atoms with Gasteiger partial charge in [-0.1, -0.05) is 39.0 Å². The first-order chi connectivity index (χ1) is 8.48. The highest BCUT2D eigenvalue weighted by molar-refractivity contribution is 7.17. The quantitative estimate of drug-likeness (QED) is 0.855. The van der Waals surface area contributed by atoms with Crippen molar-refractivity contribution in [2.45, 2.75) is 46.1 Å². The summed E-state index contributed by atoms with van der Waals surface area (Å²) in [7, 11) is 0. The molecule has 0 fully saturated rings. The molecule has 0 aliphatic rings. The van der Waals surface area contributed by atoms with Crippen molar-refractivity contribution in [1.82, 2.24) is 0 Å². The van der Waals surface area contributed by atoms with E-state index in [1.54, 1.807) is 0 Å². The second-order valence-electron chi connectivity index (χ2n) is 6.12. The van der Waals surface area contributed by atoms with E-state index in [2.05, 4.69) is 50.4 Å². The zero-order valence-electron chi connectivity index (χ0n) is 11.6. The minimum atomic E-state index is 0.219. The number of rotatable bonds is 4. The SMILES string of the molecule is CC(C)(C)C(N)CCCc1csc2ccccc12. The lowest BCUT2D eigenvalue weighted by atomic mass is 9.84. The summed E-state index contributed by atoms with van der Waals surface area (Å²) >= 11 is 1.85. The third kappa shape index (κ3) is 3.12. The Hall–Kier alpha value is -0.860. The summed E-state index contributed by atoms with van der Waals surface area (Å²) in [6.07, 6.45) is 3.43. The molecule has 0 saturated carbocycles. The molecule has 0 aliphatic heterocycles. The van der Waals surface area contributed by atoms with E-state index < -0.39 is 0 Å². The molecule has 0 saturated heterocycles. The molecule has 1 heterocycles. The Morgan fingerprint density at radius 2 is 1.94 bits per heavy atom. The van der Waals surface area contributed by atoms with Crippen molar-refractivity contribution in [3.05, 3.63) is 35.2 Å². The van der Waals surface area contributed by atoms with Crippen LogP contribution in [0.15, 0.2) is 29.6 Å². The molecule has 0 amide bonds. The van der Waals surface area contributed by atoms with E-state index in [-0.39, 0.29) is 5.41 Å². The lowest BCUT2D eigenvalue weighted by molar-refractivity contribution is 0.301. The maximum atomic E-state index is 6.21. The number of aryl methyl sites for hydroxylation is 1. The molecular formula is C16H23NS. The maximum Gasteiger partial charge on any atom is 0.0345 e. The second kappa shape index (κ2) is 5.41. The minimum Gasteiger partial charge on any atom is -0.327 e. The number of fused-ring (bicyclic) bond motifs is 1. The van der Waals surface area contributed by atoms with Gasteiger partial charge in [0.2, 0.25) is 0 Å². The second-order valence-corrected chi connectivity index (χ2v) is 7.03. The molecule has 1 aromatic carbocycles. The standard InChI is InChI=1S/C16H23NS/c1-16(2,3)15(17)10-6-7-12-11-18-14-9-5-4-8-13(12)14/h4-5,8-9,11,15H,6-7,10,17H2,1-3H3. The molecule has 0 bridgehead atoms. The highest BCUT2D eigenvalue weighted by Gasteiger charge is 2.19. The number of hydrogen-bond acceptors (Lipinski definition) is 2. The van der Waals surface area contributed by atoms with Crippen molar-refractivity contribution in [1.29, 1.82) is 0 Å². The molecule has 2 N–H and O–H groups in total. The summed E-state index contributed by atoms with van der Waals surface area (Å²) in [5.74, 6) is 0. The average Bonchev–Trinajstić information content (AvgIpc) is 2.71. The first kappa shape index (κ1) is 13.6. The van der Waals surface area contributed by atoms with Crippen LogP contribution in [0.1, 0.15) is 39.2 Å². The Bertz CT molecular complexity index is 507. The van der Waals surface area contributed by atoms with E-state index in [0.29, 0.717) is 6.04 Å². The van der Waals surface area contributed by atoms with Crippen LogP contribution in [0.5, 0.6) is 0 Å². The highest BCUT2D eigenvalue weighted by Crippen LogP contribution is 2.28. The van der Waals surface area contributed by atoms with Crippen LogP contribution in [0.4, 0.5) is 0 Å². The molecule has 0 spiro atoms. The fourth-order valence-corrected chi connectivity index (χ4v) is 3.17. The maximum absolute atomic E-state index is 6.21. The van der Waals surface area contributed by atoms with Crippen LogP contribution in [0.25, 0.3) is 10.1 Å². The van der Waals surface area contributed by atoms with Gasteiger partial charge < -0.3 is 5.73 Å². The van der Waals surface area contributed by atoms with Gasteiger partial charge in [0.15, 0.2) is 0 Å². The number of thiophene rings is 1. The van der Waals surface area contributed by atoms with Gasteiger partial charge in [-0.05, 0) is 47.1 Å². The largest absolute Gasteiger partial charge is 0.327 e. The van der Waals surface area contributed by atoms with Gasteiger partial charge in [-0.3, -0.25) is 0 Å². The molecule has 1 unspecified atom stereocenters. The third-order valence-electron chi connectivity index (χ3n) is 3.63. The lowest BCUT2D eigenvalue weighted by Crippen LogP contribution is -2.34. The van der Waals surface area contributed by atoms with Crippen molar-refractivity contribution in [3.8, 4) is 0 Å². The molecule has 1 nitrogen and oxygen atoms in total. The van der Waals surface area contributed by atoms with Crippen LogP contribution < -0.4 is 5.73 Å². The molecule has 2 rings (SSSR count). The fraction of sp³-hybridized carbons (Fsp3) is 0.500. The number of benzene rings is 1. The average molecular weight is 261 g/mol. The van der Waals surface area contributed by atoms with Gasteiger partial charge in [-0.25, -0.2) is 0 Å². The lowest BCUT2D eigenvalue weighted by Gasteiger charge is -2.26. The van der Waals surface area contributed by atoms with Crippen LogP contribution in [0.3, 0.4) is 0 Å². The molecule has 0 aliphatic carbocycles. The summed E-state index contributed by atoms with van der Waals surface area (Å²) in [6.45, 7) is 6.66. The van der Waals surface area contributed by atoms with Gasteiger partial charge in [-0.15, -0.1) is 11.3 Å². The van der Waals surface area contributed by atoms with Gasteiger partial charge >= 0.3 is 0 Å². The minimum absolute atomic E-state index is 0.219. The summed E-state index contributed by atoms with van der Waals surface area (Å²) < 4.78 is 1.40. The summed E-state index contributed by atoms with van der Waals surface area (Å²) in [5, 5.41) is 3.72. The Balaban J connectivity index is 1.95. The third-order valence-corrected chi connectivity index (χ3v) is 4.65. The predicted octanol–water partition coefficient (Wildman–Crippen LogP) is 4.60. The predicted molar refractivity (Wildman–Crippen MR) is 82.2 cm³/mol. The van der Waals surface area contributed by atoms with Crippen molar-refractivity contribution >= 4 is 21.4 Å². The molecular weight excluding hydrogens is 238 g/mol. The van der Waals surface area contributed by atoms with E-state index in [1.165, 1.54) is 22.1 Å². The van der Waals surface area contributed by atoms with E-state index >= 15 is 0 Å². The molecule has 1 atom stereocenters. The Morgan fingerprint density at radius 3 is 2.67 bits per heavy atom. The zero-order chi connectivity index (χ0) is 13.2. The molecule has 18 heavy (non-hydrogen) atoms. The summed E-state index contributed by atoms with van der Waals surface area (Å²) in [5.41, 5.74) is 7.91. The van der Waals surface area contributed by atoms with Crippen molar-refractivity contribution < 1.29 is 0 Å². The van der Waals surface area contributed by atoms with Gasteiger partial charge in [0.25, 0.3) is 0 Å². The normalized spacial score (nSPS) is 14.0. The Labute approximate surface area is 114 Å². The monoisotopic (exact) mass is 261 g/mol. The summed E-state index contributed by atoms with van der Waals surface area (Å²) in [4.78, 5) is 0. The van der Waals surface area contributed by atoms with Gasteiger partial charge in [0.05, 0.1) is 0 Å². The zero-order valence-corrected chi connectivity index (χ0v) is 12.4. The molecule has 98 valence electrons. The van der Waals surface area contributed by atoms with Crippen LogP contribution in [0, 0.1) is 5.41 Å². The van der Waals surface area contributed by atoms with E-state index in [1.807, 2.05) is 11.3 Å². The Kier molecular flexibility index (Phi) is 4.08. The fourth-order valence-electron chi connectivity index (χ4n) is 2.17. The van der Waals surface area contributed by atoms with Gasteiger partial charge in [-0.2, -0.15) is 0 Å². The van der Waals surface area contributed by atoms with Crippen LogP contribution in [-0.2, 0) is 6.42 Å². The number of nitrogens with two attached hydrogens (primary N) is 1. The van der Waals surface area contributed by atoms with Crippen LogP contribution in [0.2, 0.25) is 0 Å². The van der Waals surface area contributed by atoms with Crippen LogP contribution >= 0.6 is 11.3 Å². The molecule has 1 aromatic heterocycles. The van der Waals surface area contributed by atoms with Crippen molar-refractivity contribution in [3.63, 3.8) is 0 Å². The van der Waals surface area contributed by atoms with E-state index in [4.69, 9.17) is 5.73 Å². The molecule has 2 heteroatoms. The Morgan fingerprint density at radius 1 is 1.22 bits per heavy atom. The molecule has 0 radical (unpaired) electrons. The highest BCUT2D eigenvalue weighted by atomic mass is 32.1. The van der Waals surface area contributed by atoms with Gasteiger partial charge in [0, 0.05) is 10.7 Å². The smallest absolute Gasteiger partial charge is 0.0345 e. The number of hydrogen-bond donors (Lipinski definition) is 1. The first-order valence-electron chi connectivity index (χ1n) is 6.69. The van der Waals surface area contributed by atoms with Gasteiger partial charge in [0.1, 0.15) is 0 Å². The van der Waals surface area contributed by atoms with E-state index in [0.717, 1.165) is 12.8 Å². The van der Waals surface area contributed by atoms with Crippen molar-refractivity contribution in [2.75, 3.05) is 0 Å². The summed E-state index contributed by atoms with van der Waals surface area (Å²) in [6, 6.07) is 8.95. The topological polar surface area (TPSA) is 26.0 Å².